The van der Waals surface area contributed by atoms with Crippen LogP contribution >= 0.6 is 11.6 Å². The number of rotatable bonds is 5. The molecule has 4 rings (SSSR count). The SMILES string of the molecule is COc1cc(-c2nc3c(Cl)cccc3[nH]2)ccc1OCC#CCN1CCOCC1. The minimum Gasteiger partial charge on any atom is -0.493 e. The van der Waals surface area contributed by atoms with E-state index in [9.17, 15) is 0 Å². The first-order chi connectivity index (χ1) is 14.2. The van der Waals surface area contributed by atoms with E-state index >= 15 is 0 Å². The Morgan fingerprint density at radius 3 is 2.83 bits per heavy atom. The summed E-state index contributed by atoms with van der Waals surface area (Å²) in [6.45, 7) is 4.45. The number of hydrogen-bond donors (Lipinski definition) is 1. The second-order valence-electron chi connectivity index (χ2n) is 6.62. The molecule has 1 aliphatic heterocycles. The average Bonchev–Trinajstić information content (AvgIpc) is 3.20. The molecule has 7 heteroatoms. The van der Waals surface area contributed by atoms with Gasteiger partial charge in [-0.1, -0.05) is 29.5 Å². The molecule has 1 saturated heterocycles. The summed E-state index contributed by atoms with van der Waals surface area (Å²) in [6, 6.07) is 11.4. The molecule has 1 fully saturated rings. The van der Waals surface area contributed by atoms with Gasteiger partial charge in [-0.25, -0.2) is 4.98 Å². The molecule has 0 atom stereocenters. The Hall–Kier alpha value is -2.72. The number of ether oxygens (including phenoxy) is 3. The topological polar surface area (TPSA) is 59.6 Å². The van der Waals surface area contributed by atoms with Gasteiger partial charge in [0.2, 0.25) is 0 Å². The third kappa shape index (κ3) is 4.65. The van der Waals surface area contributed by atoms with E-state index in [1.165, 1.54) is 0 Å². The lowest BCUT2D eigenvalue weighted by molar-refractivity contribution is 0.0443. The maximum absolute atomic E-state index is 6.22. The lowest BCUT2D eigenvalue weighted by Gasteiger charge is -2.24. The zero-order valence-electron chi connectivity index (χ0n) is 16.2. The van der Waals surface area contributed by atoms with Gasteiger partial charge in [0.05, 0.1) is 37.4 Å². The zero-order chi connectivity index (χ0) is 20.1. The van der Waals surface area contributed by atoms with E-state index in [0.717, 1.165) is 55.3 Å². The van der Waals surface area contributed by atoms with E-state index in [4.69, 9.17) is 25.8 Å². The Bertz CT molecular complexity index is 1050. The van der Waals surface area contributed by atoms with E-state index in [0.29, 0.717) is 23.1 Å². The maximum Gasteiger partial charge on any atom is 0.162 e. The molecule has 0 saturated carbocycles. The third-order valence-corrected chi connectivity index (χ3v) is 5.04. The van der Waals surface area contributed by atoms with Crippen LogP contribution < -0.4 is 9.47 Å². The molecule has 0 spiro atoms. The summed E-state index contributed by atoms with van der Waals surface area (Å²) in [5, 5.41) is 0.618. The molecule has 150 valence electrons. The number of imidazole rings is 1. The number of morpholine rings is 1. The Kier molecular flexibility index (Phi) is 6.20. The van der Waals surface area contributed by atoms with Crippen molar-refractivity contribution in [2.24, 2.45) is 0 Å². The summed E-state index contributed by atoms with van der Waals surface area (Å²) in [7, 11) is 1.62. The van der Waals surface area contributed by atoms with Crippen molar-refractivity contribution in [3.8, 4) is 34.7 Å². The molecule has 0 bridgehead atoms. The number of fused-ring (bicyclic) bond motifs is 1. The fourth-order valence-corrected chi connectivity index (χ4v) is 3.38. The van der Waals surface area contributed by atoms with Crippen molar-refractivity contribution in [2.75, 3.05) is 46.6 Å². The molecule has 29 heavy (non-hydrogen) atoms. The Balaban J connectivity index is 1.43. The molecule has 6 nitrogen and oxygen atoms in total. The monoisotopic (exact) mass is 411 g/mol. The highest BCUT2D eigenvalue weighted by Gasteiger charge is 2.12. The van der Waals surface area contributed by atoms with E-state index < -0.39 is 0 Å². The fourth-order valence-electron chi connectivity index (χ4n) is 3.16. The molecular formula is C22H22ClN3O3. The number of aromatic amines is 1. The first-order valence-corrected chi connectivity index (χ1v) is 9.83. The van der Waals surface area contributed by atoms with Gasteiger partial charge in [0.15, 0.2) is 11.5 Å². The van der Waals surface area contributed by atoms with Crippen molar-refractivity contribution < 1.29 is 14.2 Å². The van der Waals surface area contributed by atoms with Gasteiger partial charge >= 0.3 is 0 Å². The second kappa shape index (κ2) is 9.19. The molecule has 0 amide bonds. The first-order valence-electron chi connectivity index (χ1n) is 9.46. The van der Waals surface area contributed by atoms with Crippen LogP contribution in [-0.2, 0) is 4.74 Å². The molecular weight excluding hydrogens is 390 g/mol. The predicted molar refractivity (Wildman–Crippen MR) is 114 cm³/mol. The molecule has 0 unspecified atom stereocenters. The van der Waals surface area contributed by atoms with Gasteiger partial charge < -0.3 is 19.2 Å². The predicted octanol–water partition coefficient (Wildman–Crippen LogP) is 3.61. The number of aromatic nitrogens is 2. The van der Waals surface area contributed by atoms with Gasteiger partial charge in [0.25, 0.3) is 0 Å². The number of H-pyrrole nitrogens is 1. The summed E-state index contributed by atoms with van der Waals surface area (Å²) < 4.78 is 16.6. The smallest absolute Gasteiger partial charge is 0.162 e. The van der Waals surface area contributed by atoms with Crippen LogP contribution in [0.15, 0.2) is 36.4 Å². The van der Waals surface area contributed by atoms with Crippen LogP contribution in [0.1, 0.15) is 0 Å². The quantitative estimate of drug-likeness (QED) is 0.650. The number of nitrogens with zero attached hydrogens (tertiary/aromatic N) is 2. The molecule has 0 radical (unpaired) electrons. The summed E-state index contributed by atoms with van der Waals surface area (Å²) in [6.07, 6.45) is 0. The zero-order valence-corrected chi connectivity index (χ0v) is 17.0. The van der Waals surface area contributed by atoms with Crippen LogP contribution in [-0.4, -0.2) is 61.4 Å². The van der Waals surface area contributed by atoms with Gasteiger partial charge in [-0.2, -0.15) is 0 Å². The van der Waals surface area contributed by atoms with Crippen molar-refractivity contribution in [3.05, 3.63) is 41.4 Å². The Morgan fingerprint density at radius 1 is 1.17 bits per heavy atom. The third-order valence-electron chi connectivity index (χ3n) is 4.73. The van der Waals surface area contributed by atoms with Crippen molar-refractivity contribution in [1.29, 1.82) is 0 Å². The van der Waals surface area contributed by atoms with Gasteiger partial charge in [0, 0.05) is 18.7 Å². The standard InChI is InChI=1S/C22H22ClN3O3/c1-27-20-15-16(22-24-18-6-4-5-17(23)21(18)25-22)7-8-19(20)29-12-3-2-9-26-10-13-28-14-11-26/h4-8,15H,9-14H2,1H3,(H,24,25). The van der Waals surface area contributed by atoms with Crippen LogP contribution in [0.25, 0.3) is 22.4 Å². The number of benzene rings is 2. The van der Waals surface area contributed by atoms with Crippen molar-refractivity contribution >= 4 is 22.6 Å². The lowest BCUT2D eigenvalue weighted by Crippen LogP contribution is -2.36. The minimum absolute atomic E-state index is 0.306. The molecule has 1 aromatic heterocycles. The van der Waals surface area contributed by atoms with Gasteiger partial charge in [-0.05, 0) is 30.3 Å². The van der Waals surface area contributed by atoms with E-state index in [1.807, 2.05) is 36.4 Å². The molecule has 2 heterocycles. The normalized spacial score (nSPS) is 14.4. The number of methoxy groups -OCH3 is 1. The number of halogens is 1. The average molecular weight is 412 g/mol. The van der Waals surface area contributed by atoms with E-state index in [1.54, 1.807) is 7.11 Å². The second-order valence-corrected chi connectivity index (χ2v) is 7.03. The molecule has 3 aromatic rings. The van der Waals surface area contributed by atoms with Gasteiger partial charge in [0.1, 0.15) is 17.9 Å². The largest absolute Gasteiger partial charge is 0.493 e. The molecule has 1 N–H and O–H groups in total. The van der Waals surface area contributed by atoms with Gasteiger partial charge in [-0.15, -0.1) is 0 Å². The minimum atomic E-state index is 0.306. The van der Waals surface area contributed by atoms with Crippen molar-refractivity contribution in [1.82, 2.24) is 14.9 Å². The lowest BCUT2D eigenvalue weighted by atomic mass is 10.2. The highest BCUT2D eigenvalue weighted by atomic mass is 35.5. The summed E-state index contributed by atoms with van der Waals surface area (Å²) in [5.41, 5.74) is 2.53. The van der Waals surface area contributed by atoms with E-state index in [-0.39, 0.29) is 0 Å². The van der Waals surface area contributed by atoms with Crippen LogP contribution in [0, 0.1) is 11.8 Å². The molecule has 1 aliphatic rings. The Morgan fingerprint density at radius 2 is 2.03 bits per heavy atom. The van der Waals surface area contributed by atoms with Crippen molar-refractivity contribution in [3.63, 3.8) is 0 Å². The van der Waals surface area contributed by atoms with Crippen LogP contribution in [0.4, 0.5) is 0 Å². The van der Waals surface area contributed by atoms with E-state index in [2.05, 4.69) is 26.7 Å². The first kappa shape index (κ1) is 19.6. The maximum atomic E-state index is 6.22. The number of nitrogens with one attached hydrogen (secondary N) is 1. The summed E-state index contributed by atoms with van der Waals surface area (Å²) >= 11 is 6.22. The number of para-hydroxylation sites is 1. The summed E-state index contributed by atoms with van der Waals surface area (Å²) in [4.78, 5) is 10.2. The van der Waals surface area contributed by atoms with Gasteiger partial charge in [-0.3, -0.25) is 4.90 Å². The molecule has 2 aromatic carbocycles. The fraction of sp³-hybridized carbons (Fsp3) is 0.318. The van der Waals surface area contributed by atoms with Crippen molar-refractivity contribution in [2.45, 2.75) is 0 Å². The summed E-state index contributed by atoms with van der Waals surface area (Å²) in [5.74, 6) is 8.21. The Labute approximate surface area is 174 Å². The highest BCUT2D eigenvalue weighted by Crippen LogP contribution is 2.33. The number of hydrogen-bond acceptors (Lipinski definition) is 5. The van der Waals surface area contributed by atoms with Crippen LogP contribution in [0.2, 0.25) is 5.02 Å². The highest BCUT2D eigenvalue weighted by molar-refractivity contribution is 6.35. The molecule has 0 aliphatic carbocycles. The van der Waals surface area contributed by atoms with Crippen LogP contribution in [0.5, 0.6) is 11.5 Å². The van der Waals surface area contributed by atoms with Crippen LogP contribution in [0.3, 0.4) is 0 Å².